The zero-order valence-corrected chi connectivity index (χ0v) is 29.5. The number of rotatable bonds is 6. The van der Waals surface area contributed by atoms with Gasteiger partial charge in [-0.15, -0.1) is 0 Å². The Morgan fingerprint density at radius 2 is 0.982 bits per heavy atom. The molecule has 0 saturated carbocycles. The number of hydrogen-bond donors (Lipinski definition) is 0. The van der Waals surface area contributed by atoms with Gasteiger partial charge in [0.2, 0.25) is 5.69 Å². The van der Waals surface area contributed by atoms with E-state index in [-0.39, 0.29) is 17.3 Å². The Labute approximate surface area is 318 Å². The van der Waals surface area contributed by atoms with Gasteiger partial charge in [-0.3, -0.25) is 0 Å². The van der Waals surface area contributed by atoms with Crippen LogP contribution in [0.5, 0.6) is 0 Å². The first-order chi connectivity index (χ1) is 27.2. The largest absolute Gasteiger partial charge is 0.310 e. The van der Waals surface area contributed by atoms with Crippen LogP contribution < -0.4 is 9.80 Å². The molecular formula is C49H30N6. The van der Waals surface area contributed by atoms with Crippen LogP contribution in [-0.2, 0) is 5.41 Å². The van der Waals surface area contributed by atoms with Gasteiger partial charge < -0.3 is 9.80 Å². The number of fused-ring (bicyclic) bond motifs is 8. The van der Waals surface area contributed by atoms with Crippen LogP contribution in [0.4, 0.5) is 39.8 Å². The first kappa shape index (κ1) is 31.0. The Kier molecular flexibility index (Phi) is 6.62. The van der Waals surface area contributed by atoms with E-state index < -0.39 is 0 Å². The molecule has 3 aliphatic carbocycles. The van der Waals surface area contributed by atoms with Crippen LogP contribution in [0.3, 0.4) is 0 Å². The summed E-state index contributed by atoms with van der Waals surface area (Å²) in [7, 11) is 0. The summed E-state index contributed by atoms with van der Waals surface area (Å²) in [6.07, 6.45) is 0. The van der Waals surface area contributed by atoms with E-state index in [2.05, 4.69) is 166 Å². The number of hydrogen-bond acceptors (Lipinski definition) is 5. The minimum Gasteiger partial charge on any atom is -0.310 e. The van der Waals surface area contributed by atoms with E-state index in [4.69, 9.17) is 16.5 Å². The van der Waals surface area contributed by atoms with Crippen molar-refractivity contribution in [1.29, 1.82) is 5.26 Å². The lowest BCUT2D eigenvalue weighted by Crippen LogP contribution is -2.52. The van der Waals surface area contributed by atoms with E-state index in [0.29, 0.717) is 22.3 Å². The Morgan fingerprint density at radius 3 is 1.49 bits per heavy atom. The van der Waals surface area contributed by atoms with E-state index in [1.54, 1.807) is 12.1 Å². The normalized spacial score (nSPS) is 17.9. The lowest BCUT2D eigenvalue weighted by Gasteiger charge is -2.58. The summed E-state index contributed by atoms with van der Waals surface area (Å²) >= 11 is 0. The van der Waals surface area contributed by atoms with Crippen molar-refractivity contribution in [2.45, 2.75) is 17.3 Å². The summed E-state index contributed by atoms with van der Waals surface area (Å²) in [5.41, 5.74) is 15.1. The molecular weight excluding hydrogens is 673 g/mol. The van der Waals surface area contributed by atoms with Crippen molar-refractivity contribution in [3.05, 3.63) is 220 Å². The molecule has 1 heterocycles. The maximum atomic E-state index is 9.87. The standard InChI is InChI=1S/C49H30N6/c1-51-42-29-44-43(26-31(42)30-50)52-47-45-38-24-22-37(55(34-18-10-4-11-19-34)35-20-12-5-13-21-35)28-41(38)49(45)40-25-23-36(27-39(40)46(49)48(47)53-44)54(32-14-6-2-7-15-32)33-16-8-3-9-17-33/h2-29,45-46H. The summed E-state index contributed by atoms with van der Waals surface area (Å²) < 4.78 is 0. The molecule has 8 aromatic rings. The molecule has 0 aliphatic heterocycles. The van der Waals surface area contributed by atoms with Gasteiger partial charge >= 0.3 is 0 Å². The zero-order valence-electron chi connectivity index (χ0n) is 29.5. The zero-order chi connectivity index (χ0) is 36.7. The van der Waals surface area contributed by atoms with Gasteiger partial charge in [-0.25, -0.2) is 14.8 Å². The lowest BCUT2D eigenvalue weighted by molar-refractivity contribution is 0.329. The summed E-state index contributed by atoms with van der Waals surface area (Å²) in [6, 6.07) is 61.5. The molecule has 3 aliphatic rings. The molecule has 0 radical (unpaired) electrons. The highest BCUT2D eigenvalue weighted by molar-refractivity contribution is 5.88. The number of nitriles is 1. The minimum atomic E-state index is -0.344. The van der Waals surface area contributed by atoms with Crippen molar-refractivity contribution < 1.29 is 0 Å². The highest BCUT2D eigenvalue weighted by Gasteiger charge is 2.71. The summed E-state index contributed by atoms with van der Waals surface area (Å²) in [4.78, 5) is 18.9. The minimum absolute atomic E-state index is 0.0131. The number of anilines is 6. The summed E-state index contributed by atoms with van der Waals surface area (Å²) in [5, 5.41) is 9.87. The molecule has 1 spiro atoms. The molecule has 6 nitrogen and oxygen atoms in total. The van der Waals surface area contributed by atoms with Gasteiger partial charge in [-0.1, -0.05) is 84.9 Å². The molecule has 0 saturated heterocycles. The van der Waals surface area contributed by atoms with Crippen molar-refractivity contribution in [3.8, 4) is 6.07 Å². The fourth-order valence-corrected chi connectivity index (χ4v) is 9.52. The molecule has 0 fully saturated rings. The fourth-order valence-electron chi connectivity index (χ4n) is 9.52. The average molecular weight is 703 g/mol. The van der Waals surface area contributed by atoms with Crippen LogP contribution in [0.15, 0.2) is 170 Å². The number of aromatic nitrogens is 2. The van der Waals surface area contributed by atoms with Crippen molar-refractivity contribution in [2.75, 3.05) is 9.80 Å². The van der Waals surface area contributed by atoms with Gasteiger partial charge in [-0.2, -0.15) is 5.26 Å². The molecule has 0 bridgehead atoms. The molecule has 1 aromatic heterocycles. The average Bonchev–Trinajstić information content (AvgIpc) is 3.44. The van der Waals surface area contributed by atoms with Crippen LogP contribution in [0, 0.1) is 17.9 Å². The maximum Gasteiger partial charge on any atom is 0.206 e. The predicted octanol–water partition coefficient (Wildman–Crippen LogP) is 11.9. The van der Waals surface area contributed by atoms with Crippen LogP contribution in [-0.4, -0.2) is 9.97 Å². The second-order valence-corrected chi connectivity index (χ2v) is 14.4. The Balaban J connectivity index is 1.13. The molecule has 256 valence electrons. The maximum absolute atomic E-state index is 9.87. The topological polar surface area (TPSA) is 60.4 Å². The van der Waals surface area contributed by atoms with E-state index in [1.807, 2.05) is 12.1 Å². The molecule has 55 heavy (non-hydrogen) atoms. The Morgan fingerprint density at radius 1 is 0.509 bits per heavy atom. The third kappa shape index (κ3) is 4.28. The van der Waals surface area contributed by atoms with Gasteiger partial charge in [0, 0.05) is 51.4 Å². The molecule has 3 atom stereocenters. The Hall–Kier alpha value is -7.54. The number of para-hydroxylation sites is 4. The number of benzene rings is 7. The molecule has 6 heteroatoms. The second-order valence-electron chi connectivity index (χ2n) is 14.4. The van der Waals surface area contributed by atoms with Crippen molar-refractivity contribution in [2.24, 2.45) is 0 Å². The van der Waals surface area contributed by atoms with Crippen molar-refractivity contribution >= 4 is 50.8 Å². The molecule has 0 N–H and O–H groups in total. The van der Waals surface area contributed by atoms with E-state index in [0.717, 1.165) is 45.5 Å². The van der Waals surface area contributed by atoms with E-state index in [1.165, 1.54) is 22.3 Å². The van der Waals surface area contributed by atoms with E-state index >= 15 is 0 Å². The quantitative estimate of drug-likeness (QED) is 0.161. The van der Waals surface area contributed by atoms with Gasteiger partial charge in [-0.05, 0) is 107 Å². The summed E-state index contributed by atoms with van der Waals surface area (Å²) in [5.74, 6) is -0.0245. The molecule has 0 amide bonds. The molecule has 7 aromatic carbocycles. The van der Waals surface area contributed by atoms with Gasteiger partial charge in [0.1, 0.15) is 0 Å². The SMILES string of the molecule is [C-]#[N+]c1cc2nc3c(nc2cc1C#N)C1c2ccc(N(c4ccccc4)c4ccccc4)cc2C12c1ccc(N(c4ccccc4)c4ccccc4)cc1C32. The highest BCUT2D eigenvalue weighted by Crippen LogP contribution is 2.77. The van der Waals surface area contributed by atoms with Crippen LogP contribution >= 0.6 is 0 Å². The third-order valence-corrected chi connectivity index (χ3v) is 11.7. The fraction of sp³-hybridized carbons (Fsp3) is 0.0612. The van der Waals surface area contributed by atoms with Crippen LogP contribution in [0.1, 0.15) is 51.0 Å². The highest BCUT2D eigenvalue weighted by atomic mass is 15.1. The Bertz CT molecular complexity index is 2840. The predicted molar refractivity (Wildman–Crippen MR) is 217 cm³/mol. The van der Waals surface area contributed by atoms with Crippen LogP contribution in [0.25, 0.3) is 15.9 Å². The van der Waals surface area contributed by atoms with Gasteiger partial charge in [0.15, 0.2) is 0 Å². The van der Waals surface area contributed by atoms with Crippen molar-refractivity contribution in [3.63, 3.8) is 0 Å². The first-order valence-electron chi connectivity index (χ1n) is 18.4. The molecule has 3 unspecified atom stereocenters. The second kappa shape index (κ2) is 11.7. The van der Waals surface area contributed by atoms with Crippen LogP contribution in [0.2, 0.25) is 0 Å². The monoisotopic (exact) mass is 702 g/mol. The summed E-state index contributed by atoms with van der Waals surface area (Å²) in [6.45, 7) is 7.76. The molecule has 11 rings (SSSR count). The lowest BCUT2D eigenvalue weighted by atomic mass is 9.43. The number of nitrogens with zero attached hydrogens (tertiary/aromatic N) is 6. The third-order valence-electron chi connectivity index (χ3n) is 11.7. The van der Waals surface area contributed by atoms with E-state index in [9.17, 15) is 5.26 Å². The first-order valence-corrected chi connectivity index (χ1v) is 18.4. The van der Waals surface area contributed by atoms with Gasteiger partial charge in [0.25, 0.3) is 0 Å². The smallest absolute Gasteiger partial charge is 0.206 e. The van der Waals surface area contributed by atoms with Gasteiger partial charge in [0.05, 0.1) is 40.6 Å². The van der Waals surface area contributed by atoms with Crippen molar-refractivity contribution in [1.82, 2.24) is 9.97 Å².